The Morgan fingerprint density at radius 3 is 2.50 bits per heavy atom. The molecule has 82 valence electrons. The first-order valence-corrected chi connectivity index (χ1v) is 6.42. The maximum absolute atomic E-state index is 5.26. The van der Waals surface area contributed by atoms with Crippen LogP contribution in [0.3, 0.4) is 0 Å². The summed E-state index contributed by atoms with van der Waals surface area (Å²) < 4.78 is 1.09. The molecule has 1 aromatic heterocycles. The quantitative estimate of drug-likeness (QED) is 0.510. The van der Waals surface area contributed by atoms with Crippen LogP contribution in [0.1, 0.15) is 11.8 Å². The highest BCUT2D eigenvalue weighted by Gasteiger charge is 2.04. The second-order valence-electron chi connectivity index (χ2n) is 3.39. The smallest absolute Gasteiger partial charge is 0.0741 e. The highest BCUT2D eigenvalue weighted by Crippen LogP contribution is 2.29. The lowest BCUT2D eigenvalue weighted by atomic mass is 10.2. The minimum Gasteiger partial charge on any atom is -0.323 e. The lowest BCUT2D eigenvalue weighted by molar-refractivity contribution is 1.24. The van der Waals surface area contributed by atoms with Gasteiger partial charge >= 0.3 is 0 Å². The number of hydrazone groups is 1. The van der Waals surface area contributed by atoms with Gasteiger partial charge in [-0.1, -0.05) is 28.1 Å². The van der Waals surface area contributed by atoms with Crippen LogP contribution in [0.15, 0.2) is 46.0 Å². The maximum atomic E-state index is 5.26. The van der Waals surface area contributed by atoms with E-state index in [1.807, 2.05) is 25.1 Å². The first-order valence-electron chi connectivity index (χ1n) is 4.81. The summed E-state index contributed by atoms with van der Waals surface area (Å²) >= 11 is 5.12. The van der Waals surface area contributed by atoms with Gasteiger partial charge in [0.05, 0.1) is 10.6 Å². The number of hydrogen-bond donors (Lipinski definition) is 1. The third kappa shape index (κ3) is 2.33. The van der Waals surface area contributed by atoms with Crippen LogP contribution in [-0.4, -0.2) is 5.71 Å². The summed E-state index contributed by atoms with van der Waals surface area (Å²) in [5.74, 6) is 5.26. The van der Waals surface area contributed by atoms with E-state index in [0.717, 1.165) is 15.1 Å². The number of benzene rings is 1. The molecule has 0 saturated heterocycles. The zero-order valence-electron chi connectivity index (χ0n) is 8.77. The van der Waals surface area contributed by atoms with E-state index in [2.05, 4.69) is 39.2 Å². The van der Waals surface area contributed by atoms with Crippen LogP contribution in [-0.2, 0) is 0 Å². The molecule has 2 nitrogen and oxygen atoms in total. The van der Waals surface area contributed by atoms with Crippen molar-refractivity contribution in [3.05, 3.63) is 45.7 Å². The van der Waals surface area contributed by atoms with Gasteiger partial charge in [-0.15, -0.1) is 11.3 Å². The van der Waals surface area contributed by atoms with Crippen molar-refractivity contribution in [1.29, 1.82) is 0 Å². The second-order valence-corrected chi connectivity index (χ2v) is 5.38. The van der Waals surface area contributed by atoms with Crippen LogP contribution in [0, 0.1) is 0 Å². The molecule has 16 heavy (non-hydrogen) atoms. The Balaban J connectivity index is 2.35. The molecule has 0 atom stereocenters. The lowest BCUT2D eigenvalue weighted by Crippen LogP contribution is -1.94. The molecule has 2 rings (SSSR count). The molecule has 0 aliphatic heterocycles. The largest absolute Gasteiger partial charge is 0.323 e. The van der Waals surface area contributed by atoms with Gasteiger partial charge in [-0.3, -0.25) is 0 Å². The van der Waals surface area contributed by atoms with Crippen molar-refractivity contribution in [2.24, 2.45) is 10.9 Å². The molecule has 2 N–H and O–H groups in total. The molecule has 0 unspecified atom stereocenters. The highest BCUT2D eigenvalue weighted by atomic mass is 79.9. The Hall–Kier alpha value is -1.13. The topological polar surface area (TPSA) is 38.4 Å². The minimum absolute atomic E-state index is 0.869. The van der Waals surface area contributed by atoms with Gasteiger partial charge in [-0.05, 0) is 36.8 Å². The van der Waals surface area contributed by atoms with Gasteiger partial charge in [0, 0.05) is 9.35 Å². The standard InChI is InChI=1S/C12H11BrN2S/c1-8(15-14)11-6-7-12(16-11)9-2-4-10(13)5-3-9/h2-7H,14H2,1H3/b15-8-. The van der Waals surface area contributed by atoms with E-state index in [1.165, 1.54) is 10.4 Å². The van der Waals surface area contributed by atoms with Crippen LogP contribution < -0.4 is 5.84 Å². The SMILES string of the molecule is C/C(=N/N)c1ccc(-c2ccc(Br)cc2)s1. The van der Waals surface area contributed by atoms with Crippen LogP contribution in [0.2, 0.25) is 0 Å². The zero-order valence-corrected chi connectivity index (χ0v) is 11.2. The fourth-order valence-electron chi connectivity index (χ4n) is 1.37. The van der Waals surface area contributed by atoms with Crippen molar-refractivity contribution in [3.8, 4) is 10.4 Å². The summed E-state index contributed by atoms with van der Waals surface area (Å²) in [6, 6.07) is 12.4. The third-order valence-corrected chi connectivity index (χ3v) is 4.06. The Bertz CT molecular complexity index is 514. The van der Waals surface area contributed by atoms with Crippen molar-refractivity contribution in [3.63, 3.8) is 0 Å². The molecule has 1 aromatic carbocycles. The van der Waals surface area contributed by atoms with E-state index < -0.39 is 0 Å². The fourth-order valence-corrected chi connectivity index (χ4v) is 2.59. The van der Waals surface area contributed by atoms with Gasteiger partial charge in [0.1, 0.15) is 0 Å². The van der Waals surface area contributed by atoms with Crippen molar-refractivity contribution in [1.82, 2.24) is 0 Å². The molecule has 0 spiro atoms. The molecular formula is C12H11BrN2S. The van der Waals surface area contributed by atoms with Crippen LogP contribution in [0.4, 0.5) is 0 Å². The molecule has 0 saturated carbocycles. The molecule has 2 aromatic rings. The van der Waals surface area contributed by atoms with Crippen molar-refractivity contribution >= 4 is 33.0 Å². The van der Waals surface area contributed by atoms with Gasteiger partial charge in [-0.2, -0.15) is 5.10 Å². The Morgan fingerprint density at radius 2 is 1.88 bits per heavy atom. The highest BCUT2D eigenvalue weighted by molar-refractivity contribution is 9.10. The van der Waals surface area contributed by atoms with Gasteiger partial charge in [0.25, 0.3) is 0 Å². The van der Waals surface area contributed by atoms with Crippen LogP contribution in [0.5, 0.6) is 0 Å². The van der Waals surface area contributed by atoms with E-state index in [0.29, 0.717) is 0 Å². The summed E-state index contributed by atoms with van der Waals surface area (Å²) in [7, 11) is 0. The first kappa shape index (κ1) is 11.4. The average molecular weight is 295 g/mol. The van der Waals surface area contributed by atoms with Crippen LogP contribution in [0.25, 0.3) is 10.4 Å². The number of hydrogen-bond acceptors (Lipinski definition) is 3. The first-order chi connectivity index (χ1) is 7.70. The average Bonchev–Trinajstić information content (AvgIpc) is 2.78. The van der Waals surface area contributed by atoms with Crippen molar-refractivity contribution in [2.75, 3.05) is 0 Å². The summed E-state index contributed by atoms with van der Waals surface area (Å²) in [4.78, 5) is 2.34. The summed E-state index contributed by atoms with van der Waals surface area (Å²) in [6.07, 6.45) is 0. The minimum atomic E-state index is 0.869. The monoisotopic (exact) mass is 294 g/mol. The normalized spacial score (nSPS) is 11.8. The van der Waals surface area contributed by atoms with E-state index in [1.54, 1.807) is 11.3 Å². The van der Waals surface area contributed by atoms with Gasteiger partial charge in [-0.25, -0.2) is 0 Å². The number of nitrogens with zero attached hydrogens (tertiary/aromatic N) is 1. The molecule has 0 amide bonds. The van der Waals surface area contributed by atoms with E-state index in [-0.39, 0.29) is 0 Å². The summed E-state index contributed by atoms with van der Waals surface area (Å²) in [5, 5.41) is 3.70. The van der Waals surface area contributed by atoms with Crippen molar-refractivity contribution in [2.45, 2.75) is 6.92 Å². The molecule has 1 heterocycles. The maximum Gasteiger partial charge on any atom is 0.0741 e. The van der Waals surface area contributed by atoms with E-state index >= 15 is 0 Å². The predicted octanol–water partition coefficient (Wildman–Crippen LogP) is 3.86. The number of rotatable bonds is 2. The molecule has 0 radical (unpaired) electrons. The second kappa shape index (κ2) is 4.80. The molecular weight excluding hydrogens is 284 g/mol. The van der Waals surface area contributed by atoms with E-state index in [9.17, 15) is 0 Å². The number of thiophene rings is 1. The van der Waals surface area contributed by atoms with Gasteiger partial charge < -0.3 is 5.84 Å². The Morgan fingerprint density at radius 1 is 1.19 bits per heavy atom. The number of nitrogens with two attached hydrogens (primary N) is 1. The van der Waals surface area contributed by atoms with Gasteiger partial charge in [0.15, 0.2) is 0 Å². The lowest BCUT2D eigenvalue weighted by Gasteiger charge is -1.97. The number of halogens is 1. The third-order valence-electron chi connectivity index (χ3n) is 2.28. The molecule has 4 heteroatoms. The predicted molar refractivity (Wildman–Crippen MR) is 73.9 cm³/mol. The summed E-state index contributed by atoms with van der Waals surface area (Å²) in [6.45, 7) is 1.91. The Labute approximate surface area is 107 Å². The van der Waals surface area contributed by atoms with Gasteiger partial charge in [0.2, 0.25) is 0 Å². The molecule has 0 fully saturated rings. The molecule has 0 aliphatic carbocycles. The zero-order chi connectivity index (χ0) is 11.5. The van der Waals surface area contributed by atoms with E-state index in [4.69, 9.17) is 5.84 Å². The Kier molecular flexibility index (Phi) is 3.41. The van der Waals surface area contributed by atoms with Crippen LogP contribution >= 0.6 is 27.3 Å². The summed E-state index contributed by atoms with van der Waals surface area (Å²) in [5.41, 5.74) is 2.08. The molecule has 0 aliphatic rings. The molecule has 0 bridgehead atoms. The fraction of sp³-hybridized carbons (Fsp3) is 0.0833. The van der Waals surface area contributed by atoms with Crippen molar-refractivity contribution < 1.29 is 0 Å².